The van der Waals surface area contributed by atoms with Crippen LogP contribution in [0.25, 0.3) is 22.1 Å². The smallest absolute Gasteiger partial charge is 0.420 e. The van der Waals surface area contributed by atoms with Crippen LogP contribution in [-0.2, 0) is 34.8 Å². The molecular weight excluding hydrogens is 861 g/mol. The molecule has 4 amide bonds. The molecule has 4 aromatic rings. The summed E-state index contributed by atoms with van der Waals surface area (Å²) in [5.41, 5.74) is -2.27. The van der Waals surface area contributed by atoms with E-state index >= 15 is 0 Å². The van der Waals surface area contributed by atoms with Crippen molar-refractivity contribution in [2.45, 2.75) is 169 Å². The zero-order valence-electron chi connectivity index (χ0n) is 42.1. The molecule has 0 saturated carbocycles. The average Bonchev–Trinajstić information content (AvgIpc) is 3.79. The van der Waals surface area contributed by atoms with E-state index in [0.717, 1.165) is 11.0 Å². The first kappa shape index (κ1) is 51.9. The number of amides is 4. The number of benzene rings is 2. The third-order valence-electron chi connectivity index (χ3n) is 10.4. The predicted octanol–water partition coefficient (Wildman–Crippen LogP) is 9.88. The number of ether oxygens (including phenoxy) is 5. The van der Waals surface area contributed by atoms with Crippen molar-refractivity contribution in [1.29, 1.82) is 0 Å². The van der Waals surface area contributed by atoms with Gasteiger partial charge in [0.25, 0.3) is 0 Å². The quantitative estimate of drug-likeness (QED) is 0.163. The first-order chi connectivity index (χ1) is 30.8. The van der Waals surface area contributed by atoms with E-state index in [2.05, 4.69) is 15.6 Å². The van der Waals surface area contributed by atoms with Gasteiger partial charge >= 0.3 is 30.5 Å². The Morgan fingerprint density at radius 2 is 0.896 bits per heavy atom. The highest BCUT2D eigenvalue weighted by molar-refractivity contribution is 5.88. The number of piperidine rings is 2. The molecule has 0 aliphatic carbocycles. The lowest BCUT2D eigenvalue weighted by Gasteiger charge is -2.42. The summed E-state index contributed by atoms with van der Waals surface area (Å²) in [5.74, 6) is 0.996. The van der Waals surface area contributed by atoms with Crippen LogP contribution in [0.2, 0.25) is 0 Å². The Labute approximate surface area is 394 Å². The topological polar surface area (TPSA) is 209 Å². The van der Waals surface area contributed by atoms with Crippen molar-refractivity contribution in [3.63, 3.8) is 0 Å². The van der Waals surface area contributed by atoms with Crippen molar-refractivity contribution in [1.82, 2.24) is 40.0 Å². The van der Waals surface area contributed by atoms with Gasteiger partial charge in [0, 0.05) is 26.2 Å². The molecule has 0 radical (unpaired) electrons. The van der Waals surface area contributed by atoms with Gasteiger partial charge in [-0.25, -0.2) is 38.5 Å². The van der Waals surface area contributed by atoms with Gasteiger partial charge in [-0.05, 0) is 154 Å². The van der Waals surface area contributed by atoms with Crippen LogP contribution < -0.4 is 10.6 Å². The molecular formula is C49H72N8O10. The number of likely N-dealkylation sites (tertiary alicyclic amines) is 2. The molecule has 0 spiro atoms. The second-order valence-corrected chi connectivity index (χ2v) is 22.2. The summed E-state index contributed by atoms with van der Waals surface area (Å²) < 4.78 is 29.3. The van der Waals surface area contributed by atoms with Crippen LogP contribution in [0.1, 0.15) is 141 Å². The van der Waals surface area contributed by atoms with Crippen LogP contribution >= 0.6 is 0 Å². The highest BCUT2D eigenvalue weighted by Gasteiger charge is 2.46. The molecule has 2 aliphatic heterocycles. The number of aromatic nitrogens is 4. The van der Waals surface area contributed by atoms with E-state index in [4.69, 9.17) is 33.7 Å². The molecule has 67 heavy (non-hydrogen) atoms. The van der Waals surface area contributed by atoms with Gasteiger partial charge < -0.3 is 49.1 Å². The van der Waals surface area contributed by atoms with E-state index in [1.54, 1.807) is 63.5 Å². The number of fused-ring (bicyclic) bond motifs is 2. The number of carbonyl (C=O) groups excluding carboxylic acids is 5. The Kier molecular flexibility index (Phi) is 14.9. The molecule has 0 unspecified atom stereocenters. The van der Waals surface area contributed by atoms with Crippen LogP contribution in [-0.4, -0.2) is 114 Å². The summed E-state index contributed by atoms with van der Waals surface area (Å²) in [4.78, 5) is 80.5. The number of aromatic amines is 1. The lowest BCUT2D eigenvalue weighted by Crippen LogP contribution is -2.56. The first-order valence-corrected chi connectivity index (χ1v) is 22.9. The van der Waals surface area contributed by atoms with Crippen LogP contribution in [0, 0.1) is 0 Å². The standard InChI is InChI=1S/C27H40N4O6.C22H32N4O4/c1-24(2,3)35-21(32)29-27(14-16-30(17-15-27)22(33)36-25(4,5)6)20-28-18-12-10-11-13-19(18)31(20)23(34)37-26(7,8)9;1-20(2,3)29-18(27)25-22(17-23-15-9-7-8-10-16(15)24-17)11-13-26(14-12-22)19(28)30-21(4,5)6/h10-13H,14-17H2,1-9H3,(H,29,32);7-10H,11-14H2,1-6H3,(H,23,24)(H,25,27). The summed E-state index contributed by atoms with van der Waals surface area (Å²) in [6.45, 7) is 28.6. The van der Waals surface area contributed by atoms with E-state index in [1.165, 1.54) is 4.57 Å². The lowest BCUT2D eigenvalue weighted by atomic mass is 9.86. The summed E-state index contributed by atoms with van der Waals surface area (Å²) in [7, 11) is 0. The third-order valence-corrected chi connectivity index (χ3v) is 10.4. The van der Waals surface area contributed by atoms with E-state index in [1.807, 2.05) is 98.7 Å². The second kappa shape index (κ2) is 19.3. The molecule has 18 heteroatoms. The van der Waals surface area contributed by atoms with Crippen molar-refractivity contribution in [3.05, 3.63) is 60.2 Å². The van der Waals surface area contributed by atoms with Crippen molar-refractivity contribution < 1.29 is 47.7 Å². The van der Waals surface area contributed by atoms with Gasteiger partial charge in [-0.2, -0.15) is 0 Å². The molecule has 4 heterocycles. The Morgan fingerprint density at radius 1 is 0.507 bits per heavy atom. The number of imidazole rings is 2. The highest BCUT2D eigenvalue weighted by atomic mass is 16.6. The van der Waals surface area contributed by atoms with Crippen molar-refractivity contribution in [3.8, 4) is 0 Å². The van der Waals surface area contributed by atoms with Crippen LogP contribution in [0.5, 0.6) is 0 Å². The van der Waals surface area contributed by atoms with E-state index in [-0.39, 0.29) is 32.0 Å². The molecule has 0 atom stereocenters. The maximum Gasteiger partial charge on any atom is 0.420 e. The Balaban J connectivity index is 0.000000256. The molecule has 0 bridgehead atoms. The molecule has 6 rings (SSSR count). The molecule has 368 valence electrons. The average molecular weight is 933 g/mol. The summed E-state index contributed by atoms with van der Waals surface area (Å²) in [5, 5.41) is 6.04. The number of carbonyl (C=O) groups is 5. The Morgan fingerprint density at radius 3 is 1.34 bits per heavy atom. The summed E-state index contributed by atoms with van der Waals surface area (Å²) >= 11 is 0. The number of para-hydroxylation sites is 4. The molecule has 18 nitrogen and oxygen atoms in total. The van der Waals surface area contributed by atoms with E-state index in [0.29, 0.717) is 48.6 Å². The van der Waals surface area contributed by atoms with Gasteiger partial charge in [0.05, 0.1) is 22.1 Å². The summed E-state index contributed by atoms with van der Waals surface area (Å²) in [6, 6.07) is 15.0. The van der Waals surface area contributed by atoms with Crippen LogP contribution in [0.4, 0.5) is 24.0 Å². The number of hydrogen-bond acceptors (Lipinski definition) is 12. The number of nitrogens with one attached hydrogen (secondary N) is 3. The number of nitrogens with zero attached hydrogens (tertiary/aromatic N) is 5. The zero-order chi connectivity index (χ0) is 50.0. The number of hydrogen-bond donors (Lipinski definition) is 3. The SMILES string of the molecule is CC(C)(C)OC(=O)NC1(c2nc3ccccc3[nH]2)CCN(C(=O)OC(C)(C)C)CC1.CC(C)(C)OC(=O)NC1(c2nc3ccccc3n2C(=O)OC(C)(C)C)CCN(C(=O)OC(C)(C)C)CC1. The number of alkyl carbamates (subject to hydrolysis) is 2. The van der Waals surface area contributed by atoms with Crippen molar-refractivity contribution in [2.75, 3.05) is 26.2 Å². The molecule has 2 aromatic carbocycles. The van der Waals surface area contributed by atoms with Gasteiger partial charge in [-0.3, -0.25) is 0 Å². The van der Waals surface area contributed by atoms with Gasteiger partial charge in [-0.1, -0.05) is 24.3 Å². The fourth-order valence-electron chi connectivity index (χ4n) is 7.64. The van der Waals surface area contributed by atoms with Crippen molar-refractivity contribution >= 4 is 52.5 Å². The highest BCUT2D eigenvalue weighted by Crippen LogP contribution is 2.37. The zero-order valence-corrected chi connectivity index (χ0v) is 42.1. The molecule has 3 N–H and O–H groups in total. The van der Waals surface area contributed by atoms with E-state index in [9.17, 15) is 24.0 Å². The maximum absolute atomic E-state index is 13.5. The maximum atomic E-state index is 13.5. The Hall–Kier alpha value is -6.07. The van der Waals surface area contributed by atoms with E-state index < -0.39 is 63.5 Å². The molecule has 2 aromatic heterocycles. The van der Waals surface area contributed by atoms with Gasteiger partial charge in [0.15, 0.2) is 0 Å². The summed E-state index contributed by atoms with van der Waals surface area (Å²) in [6.07, 6.45) is -0.964. The fraction of sp³-hybridized carbons (Fsp3) is 0.612. The minimum Gasteiger partial charge on any atom is -0.444 e. The minimum atomic E-state index is -1.10. The van der Waals surface area contributed by atoms with Gasteiger partial charge in [-0.15, -0.1) is 0 Å². The first-order valence-electron chi connectivity index (χ1n) is 22.9. The number of rotatable bonds is 4. The second-order valence-electron chi connectivity index (χ2n) is 22.2. The van der Waals surface area contributed by atoms with Gasteiger partial charge in [0.2, 0.25) is 0 Å². The number of H-pyrrole nitrogens is 1. The fourth-order valence-corrected chi connectivity index (χ4v) is 7.64. The molecule has 2 fully saturated rings. The Bertz CT molecular complexity index is 2370. The molecule has 2 saturated heterocycles. The van der Waals surface area contributed by atoms with Crippen molar-refractivity contribution in [2.24, 2.45) is 0 Å². The molecule has 2 aliphatic rings. The predicted molar refractivity (Wildman–Crippen MR) is 254 cm³/mol. The lowest BCUT2D eigenvalue weighted by molar-refractivity contribution is 0.00851. The van der Waals surface area contributed by atoms with Crippen LogP contribution in [0.15, 0.2) is 48.5 Å². The van der Waals surface area contributed by atoms with Gasteiger partial charge in [0.1, 0.15) is 50.7 Å². The monoisotopic (exact) mass is 933 g/mol. The largest absolute Gasteiger partial charge is 0.444 e. The third kappa shape index (κ3) is 14.2. The minimum absolute atomic E-state index is 0.280. The normalized spacial score (nSPS) is 16.6. The van der Waals surface area contributed by atoms with Crippen LogP contribution in [0.3, 0.4) is 0 Å².